The minimum atomic E-state index is -1.71. The van der Waals surface area contributed by atoms with Crippen molar-refractivity contribution in [3.63, 3.8) is 0 Å². The summed E-state index contributed by atoms with van der Waals surface area (Å²) in [7, 11) is 0. The summed E-state index contributed by atoms with van der Waals surface area (Å²) >= 11 is 26.1. The lowest BCUT2D eigenvalue weighted by molar-refractivity contribution is 0.488. The van der Waals surface area contributed by atoms with Gasteiger partial charge in [0.15, 0.2) is 0 Å². The third-order valence-electron chi connectivity index (χ3n) is 17.8. The molecular formula is C46H72P4S4. The zero-order valence-electron chi connectivity index (χ0n) is 38.0. The summed E-state index contributed by atoms with van der Waals surface area (Å²) in [5, 5.41) is 12.5. The summed E-state index contributed by atoms with van der Waals surface area (Å²) in [5.41, 5.74) is 14.3. The van der Waals surface area contributed by atoms with Crippen LogP contribution in [0.15, 0.2) is 87.1 Å². The summed E-state index contributed by atoms with van der Waals surface area (Å²) in [6.45, 7) is 50.7. The Balaban J connectivity index is 0.000000190. The molecule has 0 N–H and O–H groups in total. The fourth-order valence-corrected chi connectivity index (χ4v) is 39.6. The normalized spacial score (nSPS) is 45.4. The maximum absolute atomic E-state index is 6.58. The Labute approximate surface area is 353 Å². The van der Waals surface area contributed by atoms with Gasteiger partial charge in [-0.15, -0.1) is 0 Å². The highest BCUT2D eigenvalue weighted by Crippen LogP contribution is 2.92. The molecule has 8 heteroatoms. The van der Waals surface area contributed by atoms with Crippen molar-refractivity contribution in [3.8, 4) is 0 Å². The van der Waals surface area contributed by atoms with Crippen molar-refractivity contribution in [2.24, 2.45) is 21.7 Å². The second kappa shape index (κ2) is 13.5. The van der Waals surface area contributed by atoms with Gasteiger partial charge in [-0.05, 0) is 138 Å². The van der Waals surface area contributed by atoms with Gasteiger partial charge >= 0.3 is 0 Å². The van der Waals surface area contributed by atoms with Crippen LogP contribution in [-0.4, -0.2) is 23.6 Å². The molecular weight excluding hydrogens is 805 g/mol. The third kappa shape index (κ3) is 4.68. The lowest BCUT2D eigenvalue weighted by atomic mass is 9.73. The maximum atomic E-state index is 6.58. The summed E-state index contributed by atoms with van der Waals surface area (Å²) in [6.07, 6.45) is 2.35. The van der Waals surface area contributed by atoms with E-state index < -0.39 is 24.2 Å². The summed E-state index contributed by atoms with van der Waals surface area (Å²) < 4.78 is 0. The molecule has 54 heavy (non-hydrogen) atoms. The van der Waals surface area contributed by atoms with E-state index >= 15 is 0 Å². The molecule has 8 aliphatic rings. The number of rotatable bonds is 2. The average molecular weight is 877 g/mol. The first-order valence-corrected chi connectivity index (χ1v) is 32.3. The highest BCUT2D eigenvalue weighted by molar-refractivity contribution is 8.23. The van der Waals surface area contributed by atoms with E-state index in [4.69, 9.17) is 47.2 Å². The molecule has 0 saturated heterocycles. The second-order valence-corrected chi connectivity index (χ2v) is 37.7. The first-order valence-electron chi connectivity index (χ1n) is 20.6. The van der Waals surface area contributed by atoms with Gasteiger partial charge in [0, 0.05) is 57.1 Å². The van der Waals surface area contributed by atoms with Gasteiger partial charge < -0.3 is 0 Å². The lowest BCUT2D eigenvalue weighted by Crippen LogP contribution is -2.24. The quantitative estimate of drug-likeness (QED) is 0.253. The van der Waals surface area contributed by atoms with Crippen LogP contribution >= 0.6 is 24.2 Å². The SMILES string of the molecule is CC.CC.CC1=C(C)[P@@]2(=S)C[C@]1(C)C(C)=C2C1=C(C)[C@]2(C)C(C)=C(C)[P@@]1(=S)C2C.CC1=C(C)[P@]2(=S)C[C@@]1(C)C(C)=C2C1=C(C)[C@@]2(C)C(C)=C(C)[P@]1(=S)C2C. The van der Waals surface area contributed by atoms with E-state index in [0.29, 0.717) is 11.3 Å². The minimum absolute atomic E-state index is 0.160. The highest BCUT2D eigenvalue weighted by atomic mass is 32.5. The summed E-state index contributed by atoms with van der Waals surface area (Å²) in [5.74, 6) is 0. The monoisotopic (exact) mass is 876 g/mol. The zero-order valence-corrected chi connectivity index (χ0v) is 44.8. The van der Waals surface area contributed by atoms with Gasteiger partial charge in [-0.3, -0.25) is 0 Å². The number of allylic oxidation sites excluding steroid dienone is 16. The van der Waals surface area contributed by atoms with Crippen LogP contribution in [0.4, 0.5) is 0 Å². The van der Waals surface area contributed by atoms with E-state index in [0.717, 1.165) is 0 Å². The van der Waals surface area contributed by atoms with Gasteiger partial charge in [0.05, 0.1) is 0 Å². The summed E-state index contributed by atoms with van der Waals surface area (Å²) in [4.78, 5) is 0. The van der Waals surface area contributed by atoms with E-state index in [1.54, 1.807) is 65.8 Å². The molecule has 0 aromatic carbocycles. The van der Waals surface area contributed by atoms with Gasteiger partial charge in [-0.1, -0.05) is 161 Å². The van der Waals surface area contributed by atoms with Crippen molar-refractivity contribution < 1.29 is 0 Å². The second-order valence-electron chi connectivity index (χ2n) is 18.3. The summed E-state index contributed by atoms with van der Waals surface area (Å²) in [6, 6.07) is -6.71. The van der Waals surface area contributed by atoms with Crippen LogP contribution < -0.4 is 0 Å². The Morgan fingerprint density at radius 2 is 0.648 bits per heavy atom. The predicted octanol–water partition coefficient (Wildman–Crippen LogP) is 17.1. The number of hydrogen-bond donors (Lipinski definition) is 0. The fourth-order valence-electron chi connectivity index (χ4n) is 12.5. The Hall–Kier alpha value is 0.520. The molecule has 300 valence electrons. The Morgan fingerprint density at radius 3 is 0.870 bits per heavy atom. The smallest absolute Gasteiger partial charge is 0.0181 e. The number of hydrogen-bond acceptors (Lipinski definition) is 4. The van der Waals surface area contributed by atoms with Gasteiger partial charge in [-0.25, -0.2) is 0 Å². The molecule has 8 heterocycles. The van der Waals surface area contributed by atoms with Crippen LogP contribution in [-0.2, 0) is 47.2 Å². The van der Waals surface area contributed by atoms with Crippen LogP contribution in [0.1, 0.15) is 152 Å². The molecule has 0 saturated carbocycles. The molecule has 0 spiro atoms. The molecule has 0 aliphatic carbocycles. The van der Waals surface area contributed by atoms with Crippen LogP contribution in [0.5, 0.6) is 0 Å². The van der Waals surface area contributed by atoms with Gasteiger partial charge in [0.25, 0.3) is 0 Å². The Bertz CT molecular complexity index is 2140. The van der Waals surface area contributed by atoms with Crippen molar-refractivity contribution in [1.29, 1.82) is 0 Å². The molecule has 10 atom stereocenters. The topological polar surface area (TPSA) is 0 Å². The number of fused-ring (bicyclic) bond motifs is 8. The lowest BCUT2D eigenvalue weighted by Gasteiger charge is -2.34. The predicted molar refractivity (Wildman–Crippen MR) is 265 cm³/mol. The third-order valence-corrected chi connectivity index (χ3v) is 42.2. The van der Waals surface area contributed by atoms with E-state index in [9.17, 15) is 0 Å². The molecule has 8 aliphatic heterocycles. The van der Waals surface area contributed by atoms with Crippen molar-refractivity contribution in [3.05, 3.63) is 87.1 Å². The highest BCUT2D eigenvalue weighted by Gasteiger charge is 2.64. The van der Waals surface area contributed by atoms with Crippen molar-refractivity contribution in [2.45, 2.75) is 164 Å². The van der Waals surface area contributed by atoms with Gasteiger partial charge in [0.1, 0.15) is 0 Å². The fraction of sp³-hybridized carbons (Fsp3) is 0.652. The van der Waals surface area contributed by atoms with Crippen molar-refractivity contribution in [2.75, 3.05) is 12.3 Å². The molecule has 0 nitrogen and oxygen atoms in total. The van der Waals surface area contributed by atoms with Crippen LogP contribution in [0, 0.1) is 21.7 Å². The minimum Gasteiger partial charge on any atom is -0.0879 e. The molecule has 0 radical (unpaired) electrons. The van der Waals surface area contributed by atoms with Crippen molar-refractivity contribution >= 4 is 71.4 Å². The zero-order chi connectivity index (χ0) is 41.8. The van der Waals surface area contributed by atoms with Crippen LogP contribution in [0.2, 0.25) is 0 Å². The standard InChI is InChI=1S/2C21H30P2S2.2C2H6/c2*1-11-15(5)22(24)10-20(11,8)13(3)18(22)19-14(4)21(9)12(2)16(6)23(19,25)17(21)7;2*1-2/h2*17H,10H2,1-9H3;2*1-2H3/t2*17?,20-,21-,22-,23+;;/m10../s1. The first kappa shape index (κ1) is 45.6. The van der Waals surface area contributed by atoms with E-state index in [1.165, 1.54) is 33.6 Å². The Morgan fingerprint density at radius 1 is 0.389 bits per heavy atom. The van der Waals surface area contributed by atoms with Gasteiger partial charge in [-0.2, -0.15) is 0 Å². The van der Waals surface area contributed by atoms with E-state index in [2.05, 4.69) is 125 Å². The maximum Gasteiger partial charge on any atom is 0.0181 e. The van der Waals surface area contributed by atoms with Crippen LogP contribution in [0.25, 0.3) is 0 Å². The average Bonchev–Trinajstić information content (AvgIpc) is 3.79. The molecule has 8 bridgehead atoms. The molecule has 0 fully saturated rings. The van der Waals surface area contributed by atoms with E-state index in [-0.39, 0.29) is 21.7 Å². The van der Waals surface area contributed by atoms with Crippen molar-refractivity contribution in [1.82, 2.24) is 0 Å². The largest absolute Gasteiger partial charge is 0.0879 e. The molecule has 2 unspecified atom stereocenters. The molecule has 0 aromatic heterocycles. The molecule has 8 rings (SSSR count). The Kier molecular flexibility index (Phi) is 11.4. The van der Waals surface area contributed by atoms with Gasteiger partial charge in [0.2, 0.25) is 0 Å². The molecule has 0 aromatic rings. The first-order chi connectivity index (χ1) is 24.6. The molecule has 0 amide bonds. The van der Waals surface area contributed by atoms with E-state index in [1.807, 2.05) is 27.7 Å². The van der Waals surface area contributed by atoms with Crippen LogP contribution in [0.3, 0.4) is 0 Å².